The topological polar surface area (TPSA) is 205 Å². The first-order chi connectivity index (χ1) is 42.5. The zero-order chi connectivity index (χ0) is 62.5. The third kappa shape index (κ3) is 19.5. The Morgan fingerprint density at radius 3 is 1.54 bits per heavy atom. The number of unbranched alkanes of at least 4 members (excludes halogenated alkanes) is 3. The standard InChI is InChI=1S/C42H29N3O6.C25H23F6N5S.Ru/c46-27-49-40(33-10-4-1-5-11-33)24-30-16-18-43-36(20-30)38-22-32(26-42(51-29-48)35-14-8-3-9-15-35)23-39(45-38)37-21-31(17-19-44-37)25-41(50-28-47)34-12-6-2-7-13-34;1-2-3-4-5-6-16-9-10-17(37-16)8-7-15-11-19(18(32)13-22(33)24(26,27)28)34-20(12-15)21-14-23(36-35-21)25(29,30)31;/h1-29H;7-14,32-33H,2-6H2,1H3;/q;-2;+2/b40-24+,41-25+,42-26+;8-7+,18-13-,33-22?;. The molecule has 22 heteroatoms. The molecule has 9 aromatic rings. The molecule has 0 aliphatic carbocycles. The maximum atomic E-state index is 13.0. The van der Waals surface area contributed by atoms with Gasteiger partial charge in [0, 0.05) is 44.5 Å². The quantitative estimate of drug-likeness (QED) is 0.0114. The summed E-state index contributed by atoms with van der Waals surface area (Å²) in [4.78, 5) is 54.5. The van der Waals surface area contributed by atoms with Crippen LogP contribution in [0, 0.1) is 5.41 Å². The molecular formula is C67H52F6N8O6RuS. The molecule has 0 unspecified atom stereocenters. The SMILES string of the molecule is CCCCCCc1ccc(/C=C/c2cc(/C([NH-])=C/C(=N)C(F)(F)F)nc(-c3cc(C(F)(F)F)n[n-]3)c2)s1.O=CO/C(=C/c1ccnc(-c2cc(/C=C(/OC=O)c3ccccc3)cc(-c3cc(/C=C(/OC=O)c4ccccc4)ccn3)n2)c1)c1ccccc1.[Ru+2]. The molecule has 452 valence electrons. The van der Waals surface area contributed by atoms with Crippen molar-refractivity contribution in [1.29, 1.82) is 5.41 Å². The Balaban J connectivity index is 0.000000264. The Morgan fingerprint density at radius 2 is 1.07 bits per heavy atom. The van der Waals surface area contributed by atoms with Crippen LogP contribution in [0.4, 0.5) is 26.3 Å². The molecule has 0 radical (unpaired) electrons. The van der Waals surface area contributed by atoms with Gasteiger partial charge in [-0.05, 0) is 132 Å². The van der Waals surface area contributed by atoms with Crippen LogP contribution in [-0.4, -0.2) is 56.3 Å². The van der Waals surface area contributed by atoms with E-state index in [1.165, 1.54) is 23.4 Å². The number of carbonyl (C=O) groups is 3. The minimum absolute atomic E-state index is 0. The molecule has 0 aliphatic heterocycles. The second-order valence-corrected chi connectivity index (χ2v) is 20.3. The predicted molar refractivity (Wildman–Crippen MR) is 328 cm³/mol. The summed E-state index contributed by atoms with van der Waals surface area (Å²) in [6.07, 6.45) is 8.02. The van der Waals surface area contributed by atoms with E-state index in [0.717, 1.165) is 41.7 Å². The van der Waals surface area contributed by atoms with Gasteiger partial charge in [0.25, 0.3) is 19.4 Å². The Labute approximate surface area is 524 Å². The number of ether oxygens (including phenoxy) is 3. The Morgan fingerprint density at radius 1 is 0.573 bits per heavy atom. The minimum Gasteiger partial charge on any atom is -0.697 e. The molecular weight excluding hydrogens is 1260 g/mol. The maximum Gasteiger partial charge on any atom is 2.00 e. The summed E-state index contributed by atoms with van der Waals surface area (Å²) in [5.41, 5.74) is 10.4. The fourth-order valence-electron chi connectivity index (χ4n) is 8.52. The second kappa shape index (κ2) is 32.1. The number of thiophene rings is 1. The van der Waals surface area contributed by atoms with Gasteiger partial charge in [-0.15, -0.1) is 17.0 Å². The van der Waals surface area contributed by atoms with Crippen molar-refractivity contribution in [3.63, 3.8) is 0 Å². The van der Waals surface area contributed by atoms with E-state index < -0.39 is 29.5 Å². The van der Waals surface area contributed by atoms with Gasteiger partial charge in [0.15, 0.2) is 0 Å². The zero-order valence-corrected chi connectivity index (χ0v) is 49.6. The number of hydrogen-bond acceptors (Lipinski definition) is 13. The van der Waals surface area contributed by atoms with Gasteiger partial charge in [-0.2, -0.15) is 26.3 Å². The number of aryl methyl sites for hydroxylation is 1. The van der Waals surface area contributed by atoms with E-state index in [-0.39, 0.29) is 36.6 Å². The van der Waals surface area contributed by atoms with Crippen molar-refractivity contribution < 1.29 is 74.4 Å². The van der Waals surface area contributed by atoms with E-state index >= 15 is 0 Å². The molecule has 89 heavy (non-hydrogen) atoms. The number of carbonyl (C=O) groups excluding carboxylic acids is 3. The number of benzene rings is 3. The van der Waals surface area contributed by atoms with Crippen LogP contribution in [0.15, 0.2) is 176 Å². The van der Waals surface area contributed by atoms with Crippen molar-refractivity contribution in [3.05, 3.63) is 242 Å². The normalized spacial score (nSPS) is 12.1. The fraction of sp³-hybridized carbons (Fsp3) is 0.119. The number of rotatable bonds is 24. The number of aromatic nitrogens is 6. The molecule has 0 aliphatic rings. The number of hydrogen-bond donors (Lipinski definition) is 1. The van der Waals surface area contributed by atoms with Crippen LogP contribution >= 0.6 is 11.3 Å². The molecule has 6 aromatic heterocycles. The molecule has 0 spiro atoms. The maximum absolute atomic E-state index is 13.0. The summed E-state index contributed by atoms with van der Waals surface area (Å²) in [6.45, 7) is 3.30. The molecule has 2 N–H and O–H groups in total. The van der Waals surface area contributed by atoms with Gasteiger partial charge >= 0.3 is 31.8 Å². The summed E-state index contributed by atoms with van der Waals surface area (Å²) in [5, 5.41) is 13.7. The Hall–Kier alpha value is -10.0. The largest absolute Gasteiger partial charge is 2.00 e. The number of allylic oxidation sites excluding steroid dienone is 1. The van der Waals surface area contributed by atoms with E-state index in [1.807, 2.05) is 127 Å². The monoisotopic (exact) mass is 1310 g/mol. The first-order valence-corrected chi connectivity index (χ1v) is 27.8. The average molecular weight is 1310 g/mol. The molecule has 0 bridgehead atoms. The van der Waals surface area contributed by atoms with Gasteiger partial charge in [0.05, 0.1) is 28.5 Å². The zero-order valence-electron chi connectivity index (χ0n) is 47.1. The van der Waals surface area contributed by atoms with Gasteiger partial charge in [0.2, 0.25) is 0 Å². The van der Waals surface area contributed by atoms with Crippen LogP contribution in [-0.2, 0) is 60.7 Å². The molecule has 0 amide bonds. The summed E-state index contributed by atoms with van der Waals surface area (Å²) >= 11 is 1.59. The third-order valence-corrected chi connectivity index (χ3v) is 13.9. The van der Waals surface area contributed by atoms with Crippen molar-refractivity contribution in [2.24, 2.45) is 0 Å². The molecule has 0 fully saturated rings. The van der Waals surface area contributed by atoms with Crippen LogP contribution in [0.25, 0.3) is 93.3 Å². The number of pyridine rings is 4. The smallest absolute Gasteiger partial charge is 0.697 e. The van der Waals surface area contributed by atoms with E-state index in [2.05, 4.69) is 32.1 Å². The summed E-state index contributed by atoms with van der Waals surface area (Å²) in [7, 11) is 0. The third-order valence-electron chi connectivity index (χ3n) is 12.7. The molecule has 3 aromatic carbocycles. The molecule has 0 saturated heterocycles. The van der Waals surface area contributed by atoms with Crippen molar-refractivity contribution >= 4 is 89.8 Å². The van der Waals surface area contributed by atoms with Gasteiger partial charge in [0.1, 0.15) is 28.7 Å². The summed E-state index contributed by atoms with van der Waals surface area (Å²) in [5.74, 6) is 1.07. The predicted octanol–water partition coefficient (Wildman–Crippen LogP) is 16.7. The van der Waals surface area contributed by atoms with Crippen LogP contribution in [0.3, 0.4) is 0 Å². The number of halogens is 6. The summed E-state index contributed by atoms with van der Waals surface area (Å²) in [6, 6.07) is 46.0. The molecule has 0 saturated carbocycles. The fourth-order valence-corrected chi connectivity index (χ4v) is 9.48. The Kier molecular flexibility index (Phi) is 24.0. The molecule has 0 atom stereocenters. The van der Waals surface area contributed by atoms with E-state index in [0.29, 0.717) is 99.4 Å². The minimum atomic E-state index is -4.96. The molecule has 9 rings (SSSR count). The van der Waals surface area contributed by atoms with Crippen LogP contribution in [0.2, 0.25) is 0 Å². The van der Waals surface area contributed by atoms with Gasteiger partial charge in [-0.25, -0.2) is 4.98 Å². The average Bonchev–Trinajstić information content (AvgIpc) is 2.43. The number of alkyl halides is 6. The van der Waals surface area contributed by atoms with Gasteiger partial charge < -0.3 is 30.1 Å². The Bertz CT molecular complexity index is 3910. The number of nitrogens with one attached hydrogen (secondary N) is 2. The van der Waals surface area contributed by atoms with Crippen molar-refractivity contribution in [3.8, 4) is 34.2 Å². The van der Waals surface area contributed by atoms with Crippen molar-refractivity contribution in [2.45, 2.75) is 51.4 Å². The molecule has 14 nitrogen and oxygen atoms in total. The summed E-state index contributed by atoms with van der Waals surface area (Å²) < 4.78 is 93.3. The first kappa shape index (κ1) is 66.5. The van der Waals surface area contributed by atoms with Crippen LogP contribution in [0.5, 0.6) is 0 Å². The van der Waals surface area contributed by atoms with E-state index in [4.69, 9.17) is 30.3 Å². The van der Waals surface area contributed by atoms with Crippen LogP contribution in [0.1, 0.15) is 92.7 Å². The molecule has 6 heterocycles. The van der Waals surface area contributed by atoms with E-state index in [1.54, 1.807) is 66.2 Å². The van der Waals surface area contributed by atoms with Crippen molar-refractivity contribution in [1.82, 2.24) is 30.1 Å². The number of nitrogens with zero attached hydrogens (tertiary/aromatic N) is 6. The van der Waals surface area contributed by atoms with E-state index in [9.17, 15) is 40.7 Å². The van der Waals surface area contributed by atoms with Crippen LogP contribution < -0.4 is 5.10 Å². The van der Waals surface area contributed by atoms with Gasteiger partial charge in [-0.3, -0.25) is 34.7 Å². The van der Waals surface area contributed by atoms with Gasteiger partial charge in [-0.1, -0.05) is 129 Å². The van der Waals surface area contributed by atoms with Crippen molar-refractivity contribution in [2.75, 3.05) is 0 Å². The second-order valence-electron chi connectivity index (χ2n) is 19.1. The first-order valence-electron chi connectivity index (χ1n) is 27.0.